The third kappa shape index (κ3) is 4.99. The van der Waals surface area contributed by atoms with Crippen molar-refractivity contribution in [3.8, 4) is 0 Å². The minimum absolute atomic E-state index is 0.0596. The second-order valence-electron chi connectivity index (χ2n) is 5.09. The molecule has 1 aliphatic rings. The smallest absolute Gasteiger partial charge is 0.317 e. The Bertz CT molecular complexity index is 538. The number of nitrogens with zero attached hydrogens (tertiary/aromatic N) is 1. The van der Waals surface area contributed by atoms with E-state index in [-0.39, 0.29) is 18.6 Å². The lowest BCUT2D eigenvalue weighted by Gasteiger charge is -2.33. The van der Waals surface area contributed by atoms with E-state index in [1.807, 2.05) is 24.3 Å². The second-order valence-corrected chi connectivity index (χ2v) is 6.01. The number of halogens is 1. The topological polar surface area (TPSA) is 78.9 Å². The standard InChI is InChI=1S/C15H19BrN2O4/c16-12-4-1-3-11(9-12)13-10-18(7-8-22-13)15(21)17-6-2-5-14(19)20/h1,3-4,9,13H,2,5-8,10H2,(H,17,21)(H,19,20). The summed E-state index contributed by atoms with van der Waals surface area (Å²) in [4.78, 5) is 24.2. The van der Waals surface area contributed by atoms with Crippen molar-refractivity contribution in [1.82, 2.24) is 10.2 Å². The molecule has 1 atom stereocenters. The lowest BCUT2D eigenvalue weighted by atomic mass is 10.1. The van der Waals surface area contributed by atoms with Crippen LogP contribution in [0.25, 0.3) is 0 Å². The van der Waals surface area contributed by atoms with E-state index in [0.717, 1.165) is 10.0 Å². The van der Waals surface area contributed by atoms with Crippen LogP contribution in [0, 0.1) is 0 Å². The Balaban J connectivity index is 1.84. The fourth-order valence-electron chi connectivity index (χ4n) is 2.29. The zero-order valence-electron chi connectivity index (χ0n) is 12.1. The predicted octanol–water partition coefficient (Wildman–Crippen LogP) is 2.40. The number of amides is 2. The molecule has 2 N–H and O–H groups in total. The van der Waals surface area contributed by atoms with Gasteiger partial charge in [-0.2, -0.15) is 0 Å². The van der Waals surface area contributed by atoms with Crippen LogP contribution in [0.5, 0.6) is 0 Å². The summed E-state index contributed by atoms with van der Waals surface area (Å²) in [7, 11) is 0. The van der Waals surface area contributed by atoms with E-state index in [0.29, 0.717) is 32.7 Å². The van der Waals surface area contributed by atoms with Gasteiger partial charge in [-0.15, -0.1) is 0 Å². The molecular weight excluding hydrogens is 352 g/mol. The molecule has 1 fully saturated rings. The Hall–Kier alpha value is -1.60. The van der Waals surface area contributed by atoms with Gasteiger partial charge in [-0.25, -0.2) is 4.79 Å². The number of carboxylic acids is 1. The number of ether oxygens (including phenoxy) is 1. The average molecular weight is 371 g/mol. The maximum atomic E-state index is 12.1. The fraction of sp³-hybridized carbons (Fsp3) is 0.467. The molecule has 120 valence electrons. The van der Waals surface area contributed by atoms with Crippen molar-refractivity contribution in [1.29, 1.82) is 0 Å². The molecule has 7 heteroatoms. The van der Waals surface area contributed by atoms with Crippen LogP contribution in [0.4, 0.5) is 4.79 Å². The summed E-state index contributed by atoms with van der Waals surface area (Å²) < 4.78 is 6.71. The number of hydrogen-bond donors (Lipinski definition) is 2. The van der Waals surface area contributed by atoms with Crippen LogP contribution in [-0.2, 0) is 9.53 Å². The third-order valence-corrected chi connectivity index (χ3v) is 3.91. The van der Waals surface area contributed by atoms with E-state index in [1.54, 1.807) is 4.90 Å². The monoisotopic (exact) mass is 370 g/mol. The zero-order valence-corrected chi connectivity index (χ0v) is 13.7. The minimum Gasteiger partial charge on any atom is -0.481 e. The Morgan fingerprint density at radius 1 is 1.45 bits per heavy atom. The number of aliphatic carboxylic acids is 1. The maximum Gasteiger partial charge on any atom is 0.317 e. The number of carbonyl (C=O) groups is 2. The summed E-state index contributed by atoms with van der Waals surface area (Å²) in [6, 6.07) is 7.67. The lowest BCUT2D eigenvalue weighted by molar-refractivity contribution is -0.137. The first kappa shape index (κ1) is 16.8. The largest absolute Gasteiger partial charge is 0.481 e. The number of carbonyl (C=O) groups excluding carboxylic acids is 1. The van der Waals surface area contributed by atoms with Gasteiger partial charge in [0.25, 0.3) is 0 Å². The summed E-state index contributed by atoms with van der Waals surface area (Å²) >= 11 is 3.43. The van der Waals surface area contributed by atoms with Crippen molar-refractivity contribution in [3.63, 3.8) is 0 Å². The van der Waals surface area contributed by atoms with Gasteiger partial charge in [0.15, 0.2) is 0 Å². The van der Waals surface area contributed by atoms with Gasteiger partial charge >= 0.3 is 12.0 Å². The van der Waals surface area contributed by atoms with E-state index in [1.165, 1.54) is 0 Å². The molecule has 0 bridgehead atoms. The lowest BCUT2D eigenvalue weighted by Crippen LogP contribution is -2.47. The normalized spacial score (nSPS) is 18.0. The van der Waals surface area contributed by atoms with E-state index >= 15 is 0 Å². The van der Waals surface area contributed by atoms with Crippen LogP contribution in [0.1, 0.15) is 24.5 Å². The molecule has 0 radical (unpaired) electrons. The predicted molar refractivity (Wildman–Crippen MR) is 84.7 cm³/mol. The van der Waals surface area contributed by atoms with Crippen molar-refractivity contribution in [2.75, 3.05) is 26.2 Å². The summed E-state index contributed by atoms with van der Waals surface area (Å²) in [5, 5.41) is 11.3. The third-order valence-electron chi connectivity index (χ3n) is 3.42. The number of rotatable bonds is 5. The SMILES string of the molecule is O=C(O)CCCNC(=O)N1CCOC(c2cccc(Br)c2)C1. The molecule has 0 saturated carbocycles. The molecule has 1 aromatic carbocycles. The van der Waals surface area contributed by atoms with Crippen LogP contribution in [0.15, 0.2) is 28.7 Å². The molecule has 1 aromatic rings. The molecule has 1 aliphatic heterocycles. The molecule has 1 unspecified atom stereocenters. The van der Waals surface area contributed by atoms with Gasteiger partial charge in [-0.05, 0) is 24.1 Å². The van der Waals surface area contributed by atoms with Crippen LogP contribution < -0.4 is 5.32 Å². The number of nitrogens with one attached hydrogen (secondary N) is 1. The highest BCUT2D eigenvalue weighted by Crippen LogP contribution is 2.24. The van der Waals surface area contributed by atoms with Crippen LogP contribution in [-0.4, -0.2) is 48.2 Å². The molecule has 2 amide bonds. The number of hydrogen-bond acceptors (Lipinski definition) is 3. The van der Waals surface area contributed by atoms with Crippen molar-refractivity contribution >= 4 is 27.9 Å². The number of morpholine rings is 1. The van der Waals surface area contributed by atoms with Gasteiger partial charge < -0.3 is 20.1 Å². The van der Waals surface area contributed by atoms with Gasteiger partial charge in [-0.1, -0.05) is 28.1 Å². The average Bonchev–Trinajstić information content (AvgIpc) is 2.51. The van der Waals surface area contributed by atoms with Crippen molar-refractivity contribution in [2.45, 2.75) is 18.9 Å². The van der Waals surface area contributed by atoms with Gasteiger partial charge in [0, 0.05) is 24.0 Å². The number of urea groups is 1. The van der Waals surface area contributed by atoms with Crippen LogP contribution in [0.3, 0.4) is 0 Å². The molecule has 0 aliphatic carbocycles. The second kappa shape index (κ2) is 8.14. The Morgan fingerprint density at radius 2 is 2.27 bits per heavy atom. The highest BCUT2D eigenvalue weighted by molar-refractivity contribution is 9.10. The van der Waals surface area contributed by atoms with E-state index in [4.69, 9.17) is 9.84 Å². The molecular formula is C15H19BrN2O4. The highest BCUT2D eigenvalue weighted by Gasteiger charge is 2.25. The summed E-state index contributed by atoms with van der Waals surface area (Å²) in [6.45, 7) is 1.88. The summed E-state index contributed by atoms with van der Waals surface area (Å²) in [5.41, 5.74) is 1.03. The fourth-order valence-corrected chi connectivity index (χ4v) is 2.71. The van der Waals surface area contributed by atoms with E-state index in [2.05, 4.69) is 21.2 Å². The highest BCUT2D eigenvalue weighted by atomic mass is 79.9. The molecule has 1 saturated heterocycles. The maximum absolute atomic E-state index is 12.1. The van der Waals surface area contributed by atoms with Gasteiger partial charge in [0.1, 0.15) is 6.10 Å². The van der Waals surface area contributed by atoms with Gasteiger partial charge in [-0.3, -0.25) is 4.79 Å². The number of benzene rings is 1. The quantitative estimate of drug-likeness (QED) is 0.780. The Morgan fingerprint density at radius 3 is 3.00 bits per heavy atom. The van der Waals surface area contributed by atoms with E-state index < -0.39 is 5.97 Å². The zero-order chi connectivity index (χ0) is 15.9. The molecule has 0 spiro atoms. The van der Waals surface area contributed by atoms with Crippen LogP contribution in [0.2, 0.25) is 0 Å². The summed E-state index contributed by atoms with van der Waals surface area (Å²) in [6.07, 6.45) is 0.348. The minimum atomic E-state index is -0.852. The first-order chi connectivity index (χ1) is 10.6. The molecule has 1 heterocycles. The first-order valence-electron chi connectivity index (χ1n) is 7.18. The van der Waals surface area contributed by atoms with Crippen molar-refractivity contribution < 1.29 is 19.4 Å². The Labute approximate surface area is 137 Å². The van der Waals surface area contributed by atoms with Gasteiger partial charge in [0.2, 0.25) is 0 Å². The molecule has 2 rings (SSSR count). The molecule has 22 heavy (non-hydrogen) atoms. The van der Waals surface area contributed by atoms with E-state index in [9.17, 15) is 9.59 Å². The summed E-state index contributed by atoms with van der Waals surface area (Å²) in [5.74, 6) is -0.852. The van der Waals surface area contributed by atoms with Crippen molar-refractivity contribution in [3.05, 3.63) is 34.3 Å². The molecule has 6 nitrogen and oxygen atoms in total. The first-order valence-corrected chi connectivity index (χ1v) is 7.97. The Kier molecular flexibility index (Phi) is 6.21. The molecule has 0 aromatic heterocycles. The number of carboxylic acid groups (broad SMARTS) is 1. The van der Waals surface area contributed by atoms with Crippen molar-refractivity contribution in [2.24, 2.45) is 0 Å². The van der Waals surface area contributed by atoms with Crippen LogP contribution >= 0.6 is 15.9 Å². The van der Waals surface area contributed by atoms with Gasteiger partial charge in [0.05, 0.1) is 13.2 Å².